The van der Waals surface area contributed by atoms with Crippen LogP contribution < -0.4 is 5.32 Å². The van der Waals surface area contributed by atoms with E-state index in [0.717, 1.165) is 5.69 Å². The number of nitrogens with zero attached hydrogens (tertiary/aromatic N) is 2. The Labute approximate surface area is 115 Å². The number of nitrogens with one attached hydrogen (secondary N) is 1. The summed E-state index contributed by atoms with van der Waals surface area (Å²) in [5.41, 5.74) is 1.51. The molecule has 2 atom stereocenters. The molecule has 0 spiro atoms. The molecule has 0 aliphatic carbocycles. The number of carbonyl (C=O) groups is 1. The number of aliphatic hydroxyl groups excluding tert-OH is 1. The molecule has 5 nitrogen and oxygen atoms in total. The van der Waals surface area contributed by atoms with Gasteiger partial charge in [0.15, 0.2) is 0 Å². The van der Waals surface area contributed by atoms with Crippen molar-refractivity contribution in [3.05, 3.63) is 17.5 Å². The van der Waals surface area contributed by atoms with Gasteiger partial charge in [-0.15, -0.1) is 0 Å². The first-order valence-electron chi connectivity index (χ1n) is 6.83. The van der Waals surface area contributed by atoms with Crippen LogP contribution in [0.2, 0.25) is 0 Å². The normalized spacial score (nSPS) is 14.5. The second-order valence-corrected chi connectivity index (χ2v) is 5.58. The fourth-order valence-electron chi connectivity index (χ4n) is 2.19. The molecule has 0 radical (unpaired) electrons. The molecule has 5 heteroatoms. The zero-order valence-electron chi connectivity index (χ0n) is 12.5. The largest absolute Gasteiger partial charge is 0.393 e. The van der Waals surface area contributed by atoms with E-state index in [1.54, 1.807) is 13.1 Å². The van der Waals surface area contributed by atoms with Crippen LogP contribution in [-0.4, -0.2) is 33.4 Å². The fourth-order valence-corrected chi connectivity index (χ4v) is 2.19. The van der Waals surface area contributed by atoms with Gasteiger partial charge in [0.2, 0.25) is 0 Å². The third-order valence-corrected chi connectivity index (χ3v) is 3.13. The van der Waals surface area contributed by atoms with Crippen LogP contribution in [0.3, 0.4) is 0 Å². The first-order valence-corrected chi connectivity index (χ1v) is 6.83. The minimum atomic E-state index is -0.336. The third kappa shape index (κ3) is 4.35. The summed E-state index contributed by atoms with van der Waals surface area (Å²) in [7, 11) is 0. The predicted octanol–water partition coefficient (Wildman–Crippen LogP) is 1.91. The van der Waals surface area contributed by atoms with E-state index in [1.165, 1.54) is 0 Å². The molecule has 2 N–H and O–H groups in total. The first-order chi connectivity index (χ1) is 8.82. The molecule has 0 aliphatic rings. The maximum absolute atomic E-state index is 12.1. The van der Waals surface area contributed by atoms with Crippen LogP contribution in [0.25, 0.3) is 0 Å². The molecule has 1 heterocycles. The maximum Gasteiger partial charge on any atom is 0.254 e. The molecule has 0 bridgehead atoms. The molecular weight excluding hydrogens is 242 g/mol. The van der Waals surface area contributed by atoms with Gasteiger partial charge in [0, 0.05) is 18.3 Å². The van der Waals surface area contributed by atoms with Crippen LogP contribution >= 0.6 is 0 Å². The smallest absolute Gasteiger partial charge is 0.254 e. The van der Waals surface area contributed by atoms with Crippen LogP contribution in [0.15, 0.2) is 6.20 Å². The van der Waals surface area contributed by atoms with Crippen LogP contribution in [0, 0.1) is 12.8 Å². The van der Waals surface area contributed by atoms with Crippen molar-refractivity contribution in [3.63, 3.8) is 0 Å². The van der Waals surface area contributed by atoms with E-state index in [4.69, 9.17) is 0 Å². The lowest BCUT2D eigenvalue weighted by molar-refractivity contribution is 0.0938. The Hall–Kier alpha value is -1.36. The Morgan fingerprint density at radius 1 is 1.42 bits per heavy atom. The van der Waals surface area contributed by atoms with Crippen molar-refractivity contribution in [2.24, 2.45) is 5.92 Å². The standard InChI is InChI=1S/C14H25N3O2/c1-9(2)17-12(5)13(8-16-17)14(19)15-7-10(3)6-11(4)18/h8-11,18H,6-7H2,1-5H3,(H,15,19). The number of hydrogen-bond donors (Lipinski definition) is 2. The lowest BCUT2D eigenvalue weighted by Gasteiger charge is -2.14. The quantitative estimate of drug-likeness (QED) is 0.827. The van der Waals surface area contributed by atoms with Crippen LogP contribution in [0.5, 0.6) is 0 Å². The number of rotatable bonds is 6. The molecule has 0 aromatic carbocycles. The number of aliphatic hydroxyl groups is 1. The molecule has 19 heavy (non-hydrogen) atoms. The molecule has 2 unspecified atom stereocenters. The molecule has 1 aromatic rings. The summed E-state index contributed by atoms with van der Waals surface area (Å²) < 4.78 is 1.84. The highest BCUT2D eigenvalue weighted by molar-refractivity contribution is 5.95. The van der Waals surface area contributed by atoms with Crippen molar-refractivity contribution in [1.82, 2.24) is 15.1 Å². The summed E-state index contributed by atoms with van der Waals surface area (Å²) in [5.74, 6) is 0.159. The van der Waals surface area contributed by atoms with Crippen LogP contribution in [-0.2, 0) is 0 Å². The van der Waals surface area contributed by atoms with E-state index < -0.39 is 0 Å². The molecule has 0 aliphatic heterocycles. The summed E-state index contributed by atoms with van der Waals surface area (Å²) in [4.78, 5) is 12.1. The first kappa shape index (κ1) is 15.7. The zero-order chi connectivity index (χ0) is 14.6. The average Bonchev–Trinajstić information content (AvgIpc) is 2.67. The van der Waals surface area contributed by atoms with Gasteiger partial charge >= 0.3 is 0 Å². The Balaban J connectivity index is 2.59. The van der Waals surface area contributed by atoms with E-state index >= 15 is 0 Å². The lowest BCUT2D eigenvalue weighted by Crippen LogP contribution is -2.29. The molecule has 1 amide bonds. The topological polar surface area (TPSA) is 67.2 Å². The number of aromatic nitrogens is 2. The van der Waals surface area contributed by atoms with E-state index in [-0.39, 0.29) is 24.0 Å². The second-order valence-electron chi connectivity index (χ2n) is 5.58. The van der Waals surface area contributed by atoms with Gasteiger partial charge in [-0.25, -0.2) is 0 Å². The Bertz CT molecular complexity index is 424. The van der Waals surface area contributed by atoms with Crippen molar-refractivity contribution < 1.29 is 9.90 Å². The minimum Gasteiger partial charge on any atom is -0.393 e. The van der Waals surface area contributed by atoms with Crippen molar-refractivity contribution >= 4 is 5.91 Å². The lowest BCUT2D eigenvalue weighted by atomic mass is 10.0. The van der Waals surface area contributed by atoms with Crippen molar-refractivity contribution in [3.8, 4) is 0 Å². The predicted molar refractivity (Wildman–Crippen MR) is 75.1 cm³/mol. The maximum atomic E-state index is 12.1. The Morgan fingerprint density at radius 2 is 2.05 bits per heavy atom. The van der Waals surface area contributed by atoms with E-state index in [2.05, 4.69) is 10.4 Å². The summed E-state index contributed by atoms with van der Waals surface area (Å²) in [6.45, 7) is 10.3. The highest BCUT2D eigenvalue weighted by atomic mass is 16.3. The molecule has 108 valence electrons. The van der Waals surface area contributed by atoms with E-state index in [0.29, 0.717) is 18.5 Å². The van der Waals surface area contributed by atoms with Crippen molar-refractivity contribution in [2.45, 2.75) is 53.2 Å². The summed E-state index contributed by atoms with van der Waals surface area (Å²) >= 11 is 0. The number of amides is 1. The highest BCUT2D eigenvalue weighted by Gasteiger charge is 2.16. The van der Waals surface area contributed by atoms with Crippen molar-refractivity contribution in [2.75, 3.05) is 6.54 Å². The fraction of sp³-hybridized carbons (Fsp3) is 0.714. The van der Waals surface area contributed by atoms with Gasteiger partial charge in [-0.3, -0.25) is 9.48 Å². The van der Waals surface area contributed by atoms with Gasteiger partial charge < -0.3 is 10.4 Å². The average molecular weight is 267 g/mol. The van der Waals surface area contributed by atoms with E-state index in [1.807, 2.05) is 32.4 Å². The molecule has 1 rings (SSSR count). The van der Waals surface area contributed by atoms with Crippen LogP contribution in [0.1, 0.15) is 56.2 Å². The summed E-state index contributed by atoms with van der Waals surface area (Å²) in [6.07, 6.45) is 1.96. The zero-order valence-corrected chi connectivity index (χ0v) is 12.5. The molecule has 0 saturated heterocycles. The Kier molecular flexibility index (Phi) is 5.54. The SMILES string of the molecule is Cc1c(C(=O)NCC(C)CC(C)O)cnn1C(C)C. The molecule has 0 saturated carbocycles. The van der Waals surface area contributed by atoms with Gasteiger partial charge in [-0.2, -0.15) is 5.10 Å². The highest BCUT2D eigenvalue weighted by Crippen LogP contribution is 2.13. The Morgan fingerprint density at radius 3 is 2.53 bits per heavy atom. The third-order valence-electron chi connectivity index (χ3n) is 3.13. The van der Waals surface area contributed by atoms with Gasteiger partial charge in [-0.1, -0.05) is 6.92 Å². The monoisotopic (exact) mass is 267 g/mol. The molecule has 1 aromatic heterocycles. The number of carbonyl (C=O) groups excluding carboxylic acids is 1. The van der Waals surface area contributed by atoms with Gasteiger partial charge in [0.05, 0.1) is 17.9 Å². The number of hydrogen-bond acceptors (Lipinski definition) is 3. The minimum absolute atomic E-state index is 0.0955. The second kappa shape index (κ2) is 6.70. The summed E-state index contributed by atoms with van der Waals surface area (Å²) in [5, 5.41) is 16.4. The molecule has 0 fully saturated rings. The summed E-state index contributed by atoms with van der Waals surface area (Å²) in [6, 6.07) is 0.246. The van der Waals surface area contributed by atoms with Gasteiger partial charge in [0.1, 0.15) is 0 Å². The van der Waals surface area contributed by atoms with Gasteiger partial charge in [0.25, 0.3) is 5.91 Å². The van der Waals surface area contributed by atoms with Gasteiger partial charge in [-0.05, 0) is 40.0 Å². The van der Waals surface area contributed by atoms with Crippen LogP contribution in [0.4, 0.5) is 0 Å². The van der Waals surface area contributed by atoms with E-state index in [9.17, 15) is 9.90 Å². The van der Waals surface area contributed by atoms with Crippen molar-refractivity contribution in [1.29, 1.82) is 0 Å². The molecular formula is C14H25N3O2.